The molecule has 0 bridgehead atoms. The van der Waals surface area contributed by atoms with E-state index in [4.69, 9.17) is 5.73 Å². The van der Waals surface area contributed by atoms with E-state index in [1.165, 1.54) is 18.5 Å². The highest BCUT2D eigenvalue weighted by atomic mass is 19.1. The highest BCUT2D eigenvalue weighted by Gasteiger charge is 2.22. The summed E-state index contributed by atoms with van der Waals surface area (Å²) in [4.78, 5) is 16.6. The molecule has 1 fully saturated rings. The fourth-order valence-corrected chi connectivity index (χ4v) is 4.13. The average Bonchev–Trinajstić information content (AvgIpc) is 2.79. The summed E-state index contributed by atoms with van der Waals surface area (Å²) in [5.74, 6) is -0.764. The number of nitrogen functional groups attached to an aromatic ring is 1. The number of aromatic nitrogens is 3. The molecule has 0 saturated carbocycles. The molecule has 0 amide bonds. The molecule has 3 heterocycles. The van der Waals surface area contributed by atoms with Crippen LogP contribution in [0, 0.1) is 11.6 Å². The van der Waals surface area contributed by atoms with Gasteiger partial charge >= 0.3 is 0 Å². The van der Waals surface area contributed by atoms with E-state index >= 15 is 8.78 Å². The Hall–Kier alpha value is -3.65. The molecule has 8 heteroatoms. The Morgan fingerprint density at radius 2 is 1.53 bits per heavy atom. The molecule has 2 aromatic carbocycles. The zero-order chi connectivity index (χ0) is 22.2. The number of likely N-dealkylation sites (N-methyl/N-ethyl adjacent to an activating group) is 1. The lowest BCUT2D eigenvalue weighted by atomic mass is 10.0. The smallest absolute Gasteiger partial charge is 0.150 e. The summed E-state index contributed by atoms with van der Waals surface area (Å²) in [5, 5.41) is 0.700. The molecule has 162 valence electrons. The molecule has 1 aliphatic heterocycles. The monoisotopic (exact) mass is 432 g/mol. The van der Waals surface area contributed by atoms with Gasteiger partial charge in [0, 0.05) is 43.3 Å². The molecule has 32 heavy (non-hydrogen) atoms. The van der Waals surface area contributed by atoms with Crippen LogP contribution in [-0.2, 0) is 0 Å². The minimum Gasteiger partial charge on any atom is -0.384 e. The number of benzene rings is 2. The number of fused-ring (bicyclic) bond motifs is 1. The van der Waals surface area contributed by atoms with Crippen molar-refractivity contribution in [2.24, 2.45) is 0 Å². The van der Waals surface area contributed by atoms with Crippen molar-refractivity contribution in [3.63, 3.8) is 0 Å². The molecule has 0 spiro atoms. The van der Waals surface area contributed by atoms with Crippen LogP contribution in [-0.4, -0.2) is 53.1 Å². The van der Waals surface area contributed by atoms with Crippen LogP contribution in [0.25, 0.3) is 33.3 Å². The number of piperazine rings is 1. The van der Waals surface area contributed by atoms with E-state index < -0.39 is 11.6 Å². The zero-order valence-corrected chi connectivity index (χ0v) is 17.6. The van der Waals surface area contributed by atoms with Gasteiger partial charge < -0.3 is 15.5 Å². The van der Waals surface area contributed by atoms with E-state index in [2.05, 4.69) is 19.9 Å². The highest BCUT2D eigenvalue weighted by molar-refractivity contribution is 5.95. The molecular formula is C24H22F2N6. The summed E-state index contributed by atoms with van der Waals surface area (Å²) in [6.07, 6.45) is 3.05. The van der Waals surface area contributed by atoms with Crippen LogP contribution in [0.4, 0.5) is 20.3 Å². The van der Waals surface area contributed by atoms with Crippen LogP contribution in [0.1, 0.15) is 0 Å². The van der Waals surface area contributed by atoms with E-state index in [0.29, 0.717) is 41.1 Å². The largest absolute Gasteiger partial charge is 0.384 e. The lowest BCUT2D eigenvalue weighted by Gasteiger charge is -2.34. The standard InChI is InChI=1S/C24H22F2N6/c1-31-6-8-32(9-7-31)24-19(25)11-17(12-20(24)26)23-18-10-15(2-3-21(18)29-14-30-23)16-4-5-28-22(27)13-16/h2-5,10-14H,6-9H2,1H3,(H2,27,28). The van der Waals surface area contributed by atoms with Crippen LogP contribution in [0.5, 0.6) is 0 Å². The normalized spacial score (nSPS) is 14.8. The maximum absolute atomic E-state index is 15.1. The molecule has 2 aromatic heterocycles. The van der Waals surface area contributed by atoms with E-state index in [1.807, 2.05) is 31.3 Å². The van der Waals surface area contributed by atoms with E-state index in [-0.39, 0.29) is 5.69 Å². The molecule has 0 aliphatic carbocycles. The van der Waals surface area contributed by atoms with Gasteiger partial charge in [-0.3, -0.25) is 0 Å². The van der Waals surface area contributed by atoms with Crippen molar-refractivity contribution in [3.8, 4) is 22.4 Å². The molecule has 0 radical (unpaired) electrons. The molecule has 6 nitrogen and oxygen atoms in total. The Morgan fingerprint density at radius 1 is 0.812 bits per heavy atom. The van der Waals surface area contributed by atoms with Gasteiger partial charge in [-0.1, -0.05) is 6.07 Å². The molecule has 0 atom stereocenters. The average molecular weight is 432 g/mol. The molecule has 0 unspecified atom stereocenters. The Kier molecular flexibility index (Phi) is 5.14. The second-order valence-corrected chi connectivity index (χ2v) is 8.00. The third kappa shape index (κ3) is 3.73. The van der Waals surface area contributed by atoms with Crippen molar-refractivity contribution in [3.05, 3.63) is 66.6 Å². The summed E-state index contributed by atoms with van der Waals surface area (Å²) >= 11 is 0. The van der Waals surface area contributed by atoms with Crippen molar-refractivity contribution < 1.29 is 8.78 Å². The number of anilines is 2. The number of pyridine rings is 1. The van der Waals surface area contributed by atoms with E-state index in [1.54, 1.807) is 17.2 Å². The molecule has 4 aromatic rings. The first kappa shape index (κ1) is 20.3. The minimum absolute atomic E-state index is 0.0214. The summed E-state index contributed by atoms with van der Waals surface area (Å²) in [6, 6.07) is 12.0. The second kappa shape index (κ2) is 8.12. The maximum Gasteiger partial charge on any atom is 0.150 e. The van der Waals surface area contributed by atoms with Gasteiger partial charge in [0.1, 0.15) is 29.5 Å². The van der Waals surface area contributed by atoms with Crippen molar-refractivity contribution in [1.82, 2.24) is 19.9 Å². The number of halogens is 2. The lowest BCUT2D eigenvalue weighted by Crippen LogP contribution is -2.45. The quantitative estimate of drug-likeness (QED) is 0.528. The lowest BCUT2D eigenvalue weighted by molar-refractivity contribution is 0.310. The van der Waals surface area contributed by atoms with Gasteiger partial charge in [-0.15, -0.1) is 0 Å². The van der Waals surface area contributed by atoms with Gasteiger partial charge in [-0.2, -0.15) is 0 Å². The third-order valence-electron chi connectivity index (χ3n) is 5.86. The Bertz CT molecular complexity index is 1280. The number of hydrogen-bond donors (Lipinski definition) is 1. The summed E-state index contributed by atoms with van der Waals surface area (Å²) < 4.78 is 30.2. The van der Waals surface area contributed by atoms with Gasteiger partial charge in [0.2, 0.25) is 0 Å². The van der Waals surface area contributed by atoms with Gasteiger partial charge in [-0.25, -0.2) is 23.7 Å². The second-order valence-electron chi connectivity index (χ2n) is 8.00. The van der Waals surface area contributed by atoms with Gasteiger partial charge in [0.05, 0.1) is 11.2 Å². The van der Waals surface area contributed by atoms with Crippen molar-refractivity contribution >= 4 is 22.4 Å². The molecule has 2 N–H and O–H groups in total. The third-order valence-corrected chi connectivity index (χ3v) is 5.86. The molecule has 5 rings (SSSR count). The number of rotatable bonds is 3. The first-order chi connectivity index (χ1) is 15.5. The summed E-state index contributed by atoms with van der Waals surface area (Å²) in [6.45, 7) is 2.69. The SMILES string of the molecule is CN1CCN(c2c(F)cc(-c3ncnc4ccc(-c5ccnc(N)c5)cc34)cc2F)CC1. The van der Waals surface area contributed by atoms with Crippen molar-refractivity contribution in [1.29, 1.82) is 0 Å². The Labute approximate surface area is 184 Å². The van der Waals surface area contributed by atoms with Gasteiger partial charge in [0.15, 0.2) is 0 Å². The van der Waals surface area contributed by atoms with Gasteiger partial charge in [0.25, 0.3) is 0 Å². The minimum atomic E-state index is -0.589. The van der Waals surface area contributed by atoms with Gasteiger partial charge in [-0.05, 0) is 54.6 Å². The first-order valence-electron chi connectivity index (χ1n) is 10.4. The summed E-state index contributed by atoms with van der Waals surface area (Å²) in [5.41, 5.74) is 9.15. The van der Waals surface area contributed by atoms with Crippen LogP contribution in [0.3, 0.4) is 0 Å². The topological polar surface area (TPSA) is 71.2 Å². The number of hydrogen-bond acceptors (Lipinski definition) is 6. The Morgan fingerprint density at radius 3 is 2.25 bits per heavy atom. The molecular weight excluding hydrogens is 410 g/mol. The van der Waals surface area contributed by atoms with Crippen LogP contribution in [0.15, 0.2) is 55.0 Å². The van der Waals surface area contributed by atoms with E-state index in [9.17, 15) is 0 Å². The van der Waals surface area contributed by atoms with Crippen LogP contribution >= 0.6 is 0 Å². The van der Waals surface area contributed by atoms with Crippen LogP contribution in [0.2, 0.25) is 0 Å². The van der Waals surface area contributed by atoms with Crippen molar-refractivity contribution in [2.45, 2.75) is 0 Å². The molecule has 1 aliphatic rings. The predicted octanol–water partition coefficient (Wildman–Crippen LogP) is 3.97. The molecule has 1 saturated heterocycles. The number of nitrogens with zero attached hydrogens (tertiary/aromatic N) is 5. The Balaban J connectivity index is 1.59. The van der Waals surface area contributed by atoms with Crippen LogP contribution < -0.4 is 10.6 Å². The fourth-order valence-electron chi connectivity index (χ4n) is 4.13. The zero-order valence-electron chi connectivity index (χ0n) is 17.6. The fraction of sp³-hybridized carbons (Fsp3) is 0.208. The summed E-state index contributed by atoms with van der Waals surface area (Å²) in [7, 11) is 2.00. The van der Waals surface area contributed by atoms with Crippen molar-refractivity contribution in [2.75, 3.05) is 43.9 Å². The van der Waals surface area contributed by atoms with E-state index in [0.717, 1.165) is 24.2 Å². The number of nitrogens with two attached hydrogens (primary N) is 1. The highest BCUT2D eigenvalue weighted by Crippen LogP contribution is 2.34. The maximum atomic E-state index is 15.1. The predicted molar refractivity (Wildman–Crippen MR) is 122 cm³/mol. The first-order valence-corrected chi connectivity index (χ1v) is 10.4.